The minimum Gasteiger partial charge on any atom is -0.326 e. The van der Waals surface area contributed by atoms with Crippen molar-refractivity contribution in [1.29, 1.82) is 0 Å². The molecule has 1 unspecified atom stereocenters. The maximum absolute atomic E-state index is 6.00. The van der Waals surface area contributed by atoms with Crippen molar-refractivity contribution in [3.63, 3.8) is 0 Å². The molecule has 0 spiro atoms. The van der Waals surface area contributed by atoms with Crippen LogP contribution in [0.15, 0.2) is 0 Å². The molecule has 1 heterocycles. The molecule has 114 valence electrons. The van der Waals surface area contributed by atoms with Crippen LogP contribution in [0.25, 0.3) is 0 Å². The summed E-state index contributed by atoms with van der Waals surface area (Å²) in [5.41, 5.74) is 6.37. The molecule has 1 fully saturated rings. The number of piperidine rings is 1. The topological polar surface area (TPSA) is 41.3 Å². The maximum atomic E-state index is 6.00. The second-order valence-electron chi connectivity index (χ2n) is 7.86. The van der Waals surface area contributed by atoms with Gasteiger partial charge < -0.3 is 16.0 Å². The zero-order valence-corrected chi connectivity index (χ0v) is 13.8. The van der Waals surface area contributed by atoms with Crippen LogP contribution in [0.3, 0.4) is 0 Å². The summed E-state index contributed by atoms with van der Waals surface area (Å²) in [7, 11) is 2.25. The summed E-state index contributed by atoms with van der Waals surface area (Å²) in [6.45, 7) is 13.8. The monoisotopic (exact) mass is 269 g/mol. The molecule has 0 aromatic heterocycles. The van der Waals surface area contributed by atoms with Gasteiger partial charge in [0, 0.05) is 18.6 Å². The largest absolute Gasteiger partial charge is 0.326 e. The Morgan fingerprint density at radius 3 is 2.53 bits per heavy atom. The molecule has 3 N–H and O–H groups in total. The van der Waals surface area contributed by atoms with Gasteiger partial charge in [-0.15, -0.1) is 0 Å². The van der Waals surface area contributed by atoms with Crippen LogP contribution in [0.5, 0.6) is 0 Å². The van der Waals surface area contributed by atoms with E-state index in [0.29, 0.717) is 5.41 Å². The van der Waals surface area contributed by atoms with Gasteiger partial charge in [0.2, 0.25) is 0 Å². The van der Waals surface area contributed by atoms with Crippen molar-refractivity contribution in [3.05, 3.63) is 0 Å². The van der Waals surface area contributed by atoms with E-state index in [1.165, 1.54) is 32.4 Å². The Morgan fingerprint density at radius 1 is 1.26 bits per heavy atom. The van der Waals surface area contributed by atoms with E-state index in [0.717, 1.165) is 25.4 Å². The quantitative estimate of drug-likeness (QED) is 0.698. The predicted octanol–water partition coefficient (Wildman–Crippen LogP) is 2.46. The van der Waals surface area contributed by atoms with E-state index in [4.69, 9.17) is 5.73 Å². The highest BCUT2D eigenvalue weighted by atomic mass is 15.1. The van der Waals surface area contributed by atoms with Crippen LogP contribution in [0.2, 0.25) is 0 Å². The molecule has 1 aliphatic heterocycles. The summed E-state index contributed by atoms with van der Waals surface area (Å²) in [5.74, 6) is 0.824. The molecule has 1 saturated heterocycles. The lowest BCUT2D eigenvalue weighted by Crippen LogP contribution is -2.44. The van der Waals surface area contributed by atoms with Crippen molar-refractivity contribution in [1.82, 2.24) is 10.2 Å². The number of likely N-dealkylation sites (tertiary alicyclic amines) is 1. The molecule has 1 atom stereocenters. The summed E-state index contributed by atoms with van der Waals surface area (Å²) >= 11 is 0. The van der Waals surface area contributed by atoms with Gasteiger partial charge in [-0.25, -0.2) is 0 Å². The fraction of sp³-hybridized carbons (Fsp3) is 1.00. The highest BCUT2D eigenvalue weighted by molar-refractivity contribution is 4.85. The van der Waals surface area contributed by atoms with Crippen LogP contribution in [-0.2, 0) is 0 Å². The number of nitrogens with one attached hydrogen (secondary N) is 1. The van der Waals surface area contributed by atoms with E-state index in [1.807, 2.05) is 0 Å². The Balaban J connectivity index is 2.23. The van der Waals surface area contributed by atoms with E-state index in [-0.39, 0.29) is 5.54 Å². The Morgan fingerprint density at radius 2 is 1.95 bits per heavy atom. The number of hydrogen-bond acceptors (Lipinski definition) is 3. The predicted molar refractivity (Wildman–Crippen MR) is 84.4 cm³/mol. The molecule has 0 amide bonds. The van der Waals surface area contributed by atoms with Crippen LogP contribution in [0.4, 0.5) is 0 Å². The van der Waals surface area contributed by atoms with Gasteiger partial charge in [0.1, 0.15) is 0 Å². The van der Waals surface area contributed by atoms with Crippen LogP contribution in [0.1, 0.15) is 53.4 Å². The first-order valence-corrected chi connectivity index (χ1v) is 7.89. The zero-order chi connectivity index (χ0) is 14.5. The lowest BCUT2D eigenvalue weighted by Gasteiger charge is -2.40. The van der Waals surface area contributed by atoms with E-state index in [9.17, 15) is 0 Å². The lowest BCUT2D eigenvalue weighted by atomic mass is 9.74. The average Bonchev–Trinajstić information content (AvgIpc) is 2.27. The van der Waals surface area contributed by atoms with Gasteiger partial charge >= 0.3 is 0 Å². The summed E-state index contributed by atoms with van der Waals surface area (Å²) in [6, 6.07) is 0. The van der Waals surface area contributed by atoms with Crippen molar-refractivity contribution in [2.75, 3.05) is 33.2 Å². The number of rotatable bonds is 7. The molecule has 0 aromatic carbocycles. The van der Waals surface area contributed by atoms with Crippen molar-refractivity contribution < 1.29 is 0 Å². The van der Waals surface area contributed by atoms with Crippen molar-refractivity contribution in [2.45, 2.75) is 58.9 Å². The summed E-state index contributed by atoms with van der Waals surface area (Å²) in [6.07, 6.45) is 5.00. The average molecular weight is 269 g/mol. The normalized spacial score (nSPS) is 22.7. The number of nitrogens with zero attached hydrogens (tertiary/aromatic N) is 1. The van der Waals surface area contributed by atoms with E-state index in [2.05, 4.69) is 45.0 Å². The van der Waals surface area contributed by atoms with Gasteiger partial charge in [0.05, 0.1) is 0 Å². The van der Waals surface area contributed by atoms with Gasteiger partial charge in [-0.1, -0.05) is 13.8 Å². The molecule has 0 bridgehead atoms. The highest BCUT2D eigenvalue weighted by Crippen LogP contribution is 2.32. The lowest BCUT2D eigenvalue weighted by molar-refractivity contribution is 0.103. The molecule has 0 saturated carbocycles. The Kier molecular flexibility index (Phi) is 6.28. The van der Waals surface area contributed by atoms with Crippen molar-refractivity contribution in [2.24, 2.45) is 17.1 Å². The van der Waals surface area contributed by atoms with Crippen molar-refractivity contribution in [3.8, 4) is 0 Å². The fourth-order valence-electron chi connectivity index (χ4n) is 3.03. The van der Waals surface area contributed by atoms with Gasteiger partial charge in [0.25, 0.3) is 0 Å². The molecule has 1 aliphatic rings. The molecule has 0 radical (unpaired) electrons. The summed E-state index contributed by atoms with van der Waals surface area (Å²) in [4.78, 5) is 2.48. The van der Waals surface area contributed by atoms with Gasteiger partial charge in [0.15, 0.2) is 0 Å². The van der Waals surface area contributed by atoms with Gasteiger partial charge in [-0.3, -0.25) is 0 Å². The van der Waals surface area contributed by atoms with E-state index >= 15 is 0 Å². The third-order valence-electron chi connectivity index (χ3n) is 4.48. The Hall–Kier alpha value is -0.120. The first-order chi connectivity index (χ1) is 8.71. The molecule has 19 heavy (non-hydrogen) atoms. The fourth-order valence-corrected chi connectivity index (χ4v) is 3.03. The number of nitrogens with two attached hydrogens (primary N) is 1. The molecule has 3 nitrogen and oxygen atoms in total. The van der Waals surface area contributed by atoms with E-state index in [1.54, 1.807) is 0 Å². The van der Waals surface area contributed by atoms with E-state index < -0.39 is 0 Å². The van der Waals surface area contributed by atoms with Crippen LogP contribution in [-0.4, -0.2) is 43.7 Å². The SMILES string of the molecule is CN1CCCC(C(C)(C)CNCCCC(C)(C)N)C1. The second kappa shape index (κ2) is 7.05. The highest BCUT2D eigenvalue weighted by Gasteiger charge is 2.31. The molecule has 1 rings (SSSR count). The third kappa shape index (κ3) is 6.73. The molecule has 0 aromatic rings. The van der Waals surface area contributed by atoms with Gasteiger partial charge in [-0.05, 0) is 71.0 Å². The first kappa shape index (κ1) is 16.9. The van der Waals surface area contributed by atoms with Gasteiger partial charge in [-0.2, -0.15) is 0 Å². The van der Waals surface area contributed by atoms with Crippen molar-refractivity contribution >= 4 is 0 Å². The smallest absolute Gasteiger partial charge is 0.00975 e. The molecule has 3 heteroatoms. The zero-order valence-electron chi connectivity index (χ0n) is 13.8. The van der Waals surface area contributed by atoms with Crippen LogP contribution >= 0.6 is 0 Å². The molecular formula is C16H35N3. The first-order valence-electron chi connectivity index (χ1n) is 7.89. The summed E-state index contributed by atoms with van der Waals surface area (Å²) < 4.78 is 0. The summed E-state index contributed by atoms with van der Waals surface area (Å²) in [5, 5.41) is 3.64. The third-order valence-corrected chi connectivity index (χ3v) is 4.48. The maximum Gasteiger partial charge on any atom is 0.00975 e. The Labute approximate surface area is 120 Å². The molecular weight excluding hydrogens is 234 g/mol. The Bertz CT molecular complexity index is 255. The minimum atomic E-state index is -0.0245. The molecule has 0 aliphatic carbocycles. The second-order valence-corrected chi connectivity index (χ2v) is 7.86. The standard InChI is InChI=1S/C16H35N3/c1-15(2,14-8-6-11-19(5)12-14)13-18-10-7-9-16(3,4)17/h14,18H,6-13,17H2,1-5H3. The minimum absolute atomic E-state index is 0.0245. The van der Waals surface area contributed by atoms with Crippen LogP contribution < -0.4 is 11.1 Å². The van der Waals surface area contributed by atoms with Crippen LogP contribution in [0, 0.1) is 11.3 Å². The number of hydrogen-bond donors (Lipinski definition) is 2.